The number of carboxylic acids is 1. The summed E-state index contributed by atoms with van der Waals surface area (Å²) in [5, 5.41) is 9.17. The molecule has 2 aliphatic rings. The van der Waals surface area contributed by atoms with E-state index in [0.717, 1.165) is 5.70 Å². The van der Waals surface area contributed by atoms with Crippen molar-refractivity contribution in [3.8, 4) is 0 Å². The molecule has 0 aromatic heterocycles. The largest absolute Gasteiger partial charge is 0.744 e. The van der Waals surface area contributed by atoms with Gasteiger partial charge in [-0.15, -0.1) is 0 Å². The van der Waals surface area contributed by atoms with E-state index in [2.05, 4.69) is 0 Å². The van der Waals surface area contributed by atoms with Gasteiger partial charge in [0.15, 0.2) is 5.71 Å². The molecule has 2 aromatic carbocycles. The number of ether oxygens (including phenoxy) is 4. The van der Waals surface area contributed by atoms with Crippen LogP contribution in [0, 0.1) is 0 Å². The van der Waals surface area contributed by atoms with E-state index in [1.165, 1.54) is 24.3 Å². The van der Waals surface area contributed by atoms with Crippen LogP contribution in [0.5, 0.6) is 0 Å². The summed E-state index contributed by atoms with van der Waals surface area (Å²) in [7, 11) is -12.2. The first-order valence-electron chi connectivity index (χ1n) is 20.1. The molecule has 2 aromatic rings. The number of aliphatic carboxylic acids is 1. The average molecular weight is 915 g/mol. The lowest BCUT2D eigenvalue weighted by Crippen LogP contribution is -2.32. The van der Waals surface area contributed by atoms with E-state index in [-0.39, 0.29) is 42.3 Å². The van der Waals surface area contributed by atoms with Gasteiger partial charge in [-0.1, -0.05) is 6.08 Å². The van der Waals surface area contributed by atoms with Crippen LogP contribution < -0.4 is 4.90 Å². The number of anilines is 1. The van der Waals surface area contributed by atoms with Crippen LogP contribution in [0.2, 0.25) is 0 Å². The summed E-state index contributed by atoms with van der Waals surface area (Å²) in [6, 6.07) is 8.52. The Kier molecular flexibility index (Phi) is 17.8. The molecule has 17 nitrogen and oxygen atoms in total. The third kappa shape index (κ3) is 13.2. The Balaban J connectivity index is 1.75. The highest BCUT2D eigenvalue weighted by Gasteiger charge is 2.48. The van der Waals surface area contributed by atoms with Crippen molar-refractivity contribution in [3.05, 3.63) is 71.5 Å². The molecule has 0 bridgehead atoms. The zero-order valence-electron chi connectivity index (χ0n) is 35.1. The quantitative estimate of drug-likeness (QED) is 0.0617. The first-order chi connectivity index (χ1) is 28.7. The van der Waals surface area contributed by atoms with Crippen LogP contribution in [0.25, 0.3) is 0 Å². The number of benzene rings is 2. The van der Waals surface area contributed by atoms with Crippen molar-refractivity contribution in [1.82, 2.24) is 0 Å². The van der Waals surface area contributed by atoms with Crippen molar-refractivity contribution in [2.45, 2.75) is 86.3 Å². The normalized spacial score (nSPS) is 20.0. The molecule has 2 atom stereocenters. The number of methoxy groups -OCH3 is 1. The molecule has 0 saturated heterocycles. The molecule has 0 radical (unpaired) electrons. The molecule has 2 unspecified atom stereocenters. The summed E-state index contributed by atoms with van der Waals surface area (Å²) in [5.41, 5.74) is 2.00. The van der Waals surface area contributed by atoms with Gasteiger partial charge in [0.05, 0.1) is 60.6 Å². The van der Waals surface area contributed by atoms with Crippen LogP contribution in [-0.4, -0.2) is 132 Å². The zero-order chi connectivity index (χ0) is 45.1. The summed E-state index contributed by atoms with van der Waals surface area (Å²) < 4.78 is 128. The third-order valence-corrected chi connectivity index (χ3v) is 13.6. The second-order valence-electron chi connectivity index (χ2n) is 15.3. The molecule has 2 heterocycles. The molecule has 0 aliphatic carbocycles. The standard InChI is InChI=1S/C41H58N2O15S3/c1-5-42-35-16-14-31(60(49,50)51)29-33(35)41(3,19-21-56-24-25-58-27-26-57-23-22-55-4)37(42)11-9-12-38-40(2,18-10-28-59(46,47)48)34-30-32(61(52,53)54)15-17-36(34)43(38)20-8-6-7-13-39(44)45/h9,11-12,14-17,29-30H,5-8,10,13,18-28H2,1-4H3,(H3-,44,45,46,47,48,49,50,51,52,53,54). The number of hydrogen-bond donors (Lipinski definition) is 3. The van der Waals surface area contributed by atoms with E-state index >= 15 is 0 Å². The summed E-state index contributed by atoms with van der Waals surface area (Å²) in [4.78, 5) is 12.5. The summed E-state index contributed by atoms with van der Waals surface area (Å²) in [6.45, 7) is 9.15. The molecular formula is C41H58N2O15S3. The van der Waals surface area contributed by atoms with Gasteiger partial charge in [-0.2, -0.15) is 21.4 Å². The number of rotatable bonds is 27. The van der Waals surface area contributed by atoms with Gasteiger partial charge in [-0.25, -0.2) is 8.42 Å². The number of carboxylic acid groups (broad SMARTS) is 1. The van der Waals surface area contributed by atoms with E-state index in [4.69, 9.17) is 24.1 Å². The monoisotopic (exact) mass is 914 g/mol. The average Bonchev–Trinajstić information content (AvgIpc) is 3.55. The molecule has 0 spiro atoms. The van der Waals surface area contributed by atoms with Crippen LogP contribution in [0.4, 0.5) is 11.4 Å². The Labute approximate surface area is 359 Å². The Bertz CT molecular complexity index is 2290. The summed E-state index contributed by atoms with van der Waals surface area (Å²) in [6.07, 6.45) is 7.62. The molecule has 0 fully saturated rings. The number of nitrogens with zero attached hydrogens (tertiary/aromatic N) is 2. The van der Waals surface area contributed by atoms with Crippen LogP contribution in [0.15, 0.2) is 70.1 Å². The minimum Gasteiger partial charge on any atom is -0.744 e. The first kappa shape index (κ1) is 50.1. The van der Waals surface area contributed by atoms with Gasteiger partial charge in [0, 0.05) is 67.6 Å². The molecule has 4 rings (SSSR count). The van der Waals surface area contributed by atoms with Crippen LogP contribution in [0.1, 0.15) is 76.8 Å². The van der Waals surface area contributed by atoms with E-state index in [9.17, 15) is 43.7 Å². The lowest BCUT2D eigenvalue weighted by Gasteiger charge is -2.30. The Hall–Kier alpha value is -3.57. The van der Waals surface area contributed by atoms with Gasteiger partial charge in [0.25, 0.3) is 20.2 Å². The topological polar surface area (TPSA) is 246 Å². The van der Waals surface area contributed by atoms with E-state index in [1.54, 1.807) is 25.3 Å². The maximum atomic E-state index is 12.3. The lowest BCUT2D eigenvalue weighted by atomic mass is 9.75. The molecule has 0 saturated carbocycles. The SMILES string of the molecule is CCN1/C(=C/C=C/C2=[N+](CCCCCC(=O)O)c3ccc(S(=O)(=O)O)cc3C2(C)CCCS(=O)(=O)O)C(C)(CCOCCOCCOCCOC)c2cc(S(=O)(=O)[O-])ccc21. The maximum absolute atomic E-state index is 12.3. The highest BCUT2D eigenvalue weighted by Crippen LogP contribution is 2.51. The first-order valence-corrected chi connectivity index (χ1v) is 24.6. The van der Waals surface area contributed by atoms with Gasteiger partial charge in [-0.3, -0.25) is 13.9 Å². The number of likely N-dealkylation sites (N-methyl/N-ethyl adjacent to an activating group) is 1. The molecule has 340 valence electrons. The van der Waals surface area contributed by atoms with Crippen molar-refractivity contribution >= 4 is 53.4 Å². The zero-order valence-corrected chi connectivity index (χ0v) is 37.5. The van der Waals surface area contributed by atoms with E-state index in [1.807, 2.05) is 42.4 Å². The molecule has 20 heteroatoms. The fraction of sp³-hybridized carbons (Fsp3) is 0.561. The number of fused-ring (bicyclic) bond motifs is 2. The third-order valence-electron chi connectivity index (χ3n) is 11.1. The van der Waals surface area contributed by atoms with Crippen LogP contribution >= 0.6 is 0 Å². The van der Waals surface area contributed by atoms with E-state index in [0.29, 0.717) is 100 Å². The van der Waals surface area contributed by atoms with Gasteiger partial charge in [0.2, 0.25) is 5.69 Å². The molecule has 61 heavy (non-hydrogen) atoms. The van der Waals surface area contributed by atoms with Crippen molar-refractivity contribution in [3.63, 3.8) is 0 Å². The van der Waals surface area contributed by atoms with Crippen molar-refractivity contribution in [2.75, 3.05) is 77.1 Å². The smallest absolute Gasteiger partial charge is 0.303 e. The lowest BCUT2D eigenvalue weighted by molar-refractivity contribution is -0.438. The number of carbonyl (C=O) groups is 1. The minimum absolute atomic E-state index is 0.00487. The fourth-order valence-corrected chi connectivity index (χ4v) is 9.52. The van der Waals surface area contributed by atoms with Crippen LogP contribution in [0.3, 0.4) is 0 Å². The number of hydrogen-bond acceptors (Lipinski definition) is 13. The van der Waals surface area contributed by atoms with Crippen molar-refractivity contribution in [2.24, 2.45) is 0 Å². The molecule has 2 aliphatic heterocycles. The second kappa shape index (κ2) is 21.7. The van der Waals surface area contributed by atoms with E-state index < -0.39 is 52.9 Å². The predicted octanol–water partition coefficient (Wildman–Crippen LogP) is 4.83. The van der Waals surface area contributed by atoms with Gasteiger partial charge in [0.1, 0.15) is 16.7 Å². The highest BCUT2D eigenvalue weighted by molar-refractivity contribution is 7.86. The number of unbranched alkanes of at least 4 members (excludes halogenated alkanes) is 2. The van der Waals surface area contributed by atoms with Crippen molar-refractivity contribution in [1.29, 1.82) is 0 Å². The Morgan fingerprint density at radius 3 is 2.02 bits per heavy atom. The summed E-state index contributed by atoms with van der Waals surface area (Å²) >= 11 is 0. The highest BCUT2D eigenvalue weighted by atomic mass is 32.2. The minimum atomic E-state index is -4.79. The van der Waals surface area contributed by atoms with Crippen LogP contribution in [-0.2, 0) is 64.9 Å². The Morgan fingerprint density at radius 1 is 0.803 bits per heavy atom. The fourth-order valence-electron chi connectivity index (χ4n) is 8.01. The molecular weight excluding hydrogens is 857 g/mol. The summed E-state index contributed by atoms with van der Waals surface area (Å²) in [5.74, 6) is -1.46. The van der Waals surface area contributed by atoms with Gasteiger partial charge in [-0.05, 0) is 94.8 Å². The second-order valence-corrected chi connectivity index (χ2v) is 19.7. The van der Waals surface area contributed by atoms with Gasteiger partial charge < -0.3 is 33.5 Å². The van der Waals surface area contributed by atoms with Crippen molar-refractivity contribution < 1.29 is 72.3 Å². The Morgan fingerprint density at radius 2 is 1.43 bits per heavy atom. The molecule has 0 amide bonds. The molecule has 3 N–H and O–H groups in total. The predicted molar refractivity (Wildman–Crippen MR) is 226 cm³/mol. The number of allylic oxidation sites excluding steroid dienone is 4. The maximum Gasteiger partial charge on any atom is 0.303 e. The van der Waals surface area contributed by atoms with Gasteiger partial charge >= 0.3 is 5.97 Å².